The van der Waals surface area contributed by atoms with Crippen LogP contribution in [0.3, 0.4) is 0 Å². The highest BCUT2D eigenvalue weighted by atomic mass is 16.5. The van der Waals surface area contributed by atoms with Crippen molar-refractivity contribution < 1.29 is 9.53 Å². The molecule has 0 aromatic heterocycles. The molecule has 0 spiro atoms. The standard InChI is InChI=1S/C48H84O2/c1-10-11-12-13-14-15-16-17-18-19-20-21-22-23-24-25-42(49)50-41-30-32-46(7)39(44(41,4)5)29-33-48(9)40(46)27-26-38-43-37(3)36(2)28-31-45(43,6)34-35-47(38,48)8/h26,36-37,39-41,43H,10-25,27-35H2,1-9H3/t36-,37+,39+,40-,41+,43+,45-,46+,47-,48-/m1/s1. The van der Waals surface area contributed by atoms with E-state index in [0.717, 1.165) is 36.5 Å². The zero-order chi connectivity index (χ0) is 36.2. The molecule has 2 heteroatoms. The van der Waals surface area contributed by atoms with Gasteiger partial charge in [0, 0.05) is 11.8 Å². The highest BCUT2D eigenvalue weighted by Gasteiger charge is 2.68. The third kappa shape index (κ3) is 7.87. The normalized spacial score (nSPS) is 40.5. The minimum atomic E-state index is 0.0302. The quantitative estimate of drug-likeness (QED) is 0.0861. The molecule has 0 unspecified atom stereocenters. The van der Waals surface area contributed by atoms with Gasteiger partial charge in [0.2, 0.25) is 0 Å². The SMILES string of the molecule is CCCCCCCCCCCCCCCCCC(=O)O[C@H]1CC[C@]2(C)[C@H]3CC=C4[C@@H]5[C@@H](C)[C@H](C)CC[C@]5(C)CC[C@@]4(C)[C@]3(C)CC[C@H]2C1(C)C. The van der Waals surface area contributed by atoms with E-state index in [-0.39, 0.29) is 17.5 Å². The van der Waals surface area contributed by atoms with Gasteiger partial charge in [-0.1, -0.05) is 164 Å². The van der Waals surface area contributed by atoms with Crippen molar-refractivity contribution in [1.82, 2.24) is 0 Å². The molecule has 0 bridgehead atoms. The van der Waals surface area contributed by atoms with E-state index in [9.17, 15) is 4.79 Å². The number of unbranched alkanes of at least 4 members (excludes halogenated alkanes) is 14. The van der Waals surface area contributed by atoms with Crippen molar-refractivity contribution in [2.45, 2.75) is 229 Å². The molecule has 4 fully saturated rings. The van der Waals surface area contributed by atoms with E-state index in [1.165, 1.54) is 141 Å². The lowest BCUT2D eigenvalue weighted by Gasteiger charge is -2.71. The fraction of sp³-hybridized carbons (Fsp3) is 0.938. The van der Waals surface area contributed by atoms with Crippen molar-refractivity contribution in [3.8, 4) is 0 Å². The highest BCUT2D eigenvalue weighted by molar-refractivity contribution is 5.69. The Hall–Kier alpha value is -0.790. The number of hydrogen-bond acceptors (Lipinski definition) is 2. The molecule has 0 aromatic rings. The summed E-state index contributed by atoms with van der Waals surface area (Å²) in [7, 11) is 0. The average molecular weight is 693 g/mol. The maximum atomic E-state index is 13.2. The lowest BCUT2D eigenvalue weighted by Crippen LogP contribution is -2.65. The average Bonchev–Trinajstić information content (AvgIpc) is 3.07. The number of esters is 1. The summed E-state index contributed by atoms with van der Waals surface area (Å²) >= 11 is 0. The second-order valence-corrected chi connectivity index (χ2v) is 20.8. The maximum Gasteiger partial charge on any atom is 0.306 e. The summed E-state index contributed by atoms with van der Waals surface area (Å²) in [4.78, 5) is 13.2. The first-order valence-corrected chi connectivity index (χ1v) is 22.6. The van der Waals surface area contributed by atoms with Crippen LogP contribution in [0, 0.1) is 56.7 Å². The number of fused-ring (bicyclic) bond motifs is 7. The van der Waals surface area contributed by atoms with Crippen LogP contribution in [0.25, 0.3) is 0 Å². The fourth-order valence-corrected chi connectivity index (χ4v) is 13.9. The number of carbonyl (C=O) groups excluding carboxylic acids is 1. The number of carbonyl (C=O) groups is 1. The van der Waals surface area contributed by atoms with Crippen molar-refractivity contribution in [3.63, 3.8) is 0 Å². The molecule has 5 rings (SSSR count). The molecule has 5 aliphatic carbocycles. The van der Waals surface area contributed by atoms with Crippen LogP contribution in [0.4, 0.5) is 0 Å². The van der Waals surface area contributed by atoms with Crippen LogP contribution in [0.2, 0.25) is 0 Å². The summed E-state index contributed by atoms with van der Waals surface area (Å²) in [5.74, 6) is 3.81. The van der Waals surface area contributed by atoms with Crippen LogP contribution >= 0.6 is 0 Å². The van der Waals surface area contributed by atoms with E-state index in [4.69, 9.17) is 4.74 Å². The first-order valence-electron chi connectivity index (χ1n) is 22.6. The van der Waals surface area contributed by atoms with Gasteiger partial charge in [0.1, 0.15) is 6.10 Å². The fourth-order valence-electron chi connectivity index (χ4n) is 13.9. The Morgan fingerprint density at radius 3 is 1.86 bits per heavy atom. The minimum absolute atomic E-state index is 0.0302. The zero-order valence-corrected chi connectivity index (χ0v) is 35.0. The highest BCUT2D eigenvalue weighted by Crippen LogP contribution is 2.75. The Morgan fingerprint density at radius 1 is 0.680 bits per heavy atom. The first kappa shape index (κ1) is 40.4. The molecule has 10 atom stereocenters. The Bertz CT molecular complexity index is 1130. The van der Waals surface area contributed by atoms with Gasteiger partial charge in [-0.05, 0) is 115 Å². The molecule has 2 nitrogen and oxygen atoms in total. The number of ether oxygens (including phenoxy) is 1. The molecule has 0 saturated heterocycles. The van der Waals surface area contributed by atoms with Crippen LogP contribution in [0.1, 0.15) is 223 Å². The molecule has 0 aliphatic heterocycles. The van der Waals surface area contributed by atoms with E-state index in [0.29, 0.717) is 34.0 Å². The second kappa shape index (κ2) is 16.7. The van der Waals surface area contributed by atoms with E-state index in [2.05, 4.69) is 68.4 Å². The molecular formula is C48H84O2. The molecule has 0 radical (unpaired) electrons. The van der Waals surface area contributed by atoms with Gasteiger partial charge >= 0.3 is 5.97 Å². The molecular weight excluding hydrogens is 609 g/mol. The van der Waals surface area contributed by atoms with Gasteiger partial charge in [0.25, 0.3) is 0 Å². The number of rotatable bonds is 17. The summed E-state index contributed by atoms with van der Waals surface area (Å²) in [6, 6.07) is 0. The van der Waals surface area contributed by atoms with Crippen molar-refractivity contribution in [1.29, 1.82) is 0 Å². The van der Waals surface area contributed by atoms with Crippen LogP contribution in [0.15, 0.2) is 11.6 Å². The van der Waals surface area contributed by atoms with Crippen LogP contribution in [-0.4, -0.2) is 12.1 Å². The van der Waals surface area contributed by atoms with E-state index >= 15 is 0 Å². The molecule has 0 aromatic carbocycles. The van der Waals surface area contributed by atoms with Crippen LogP contribution in [0.5, 0.6) is 0 Å². The smallest absolute Gasteiger partial charge is 0.306 e. The molecule has 0 N–H and O–H groups in total. The molecule has 4 saturated carbocycles. The molecule has 0 amide bonds. The lowest BCUT2D eigenvalue weighted by molar-refractivity contribution is -0.213. The Kier molecular flexibility index (Phi) is 13.5. The van der Waals surface area contributed by atoms with Crippen LogP contribution in [-0.2, 0) is 9.53 Å². The van der Waals surface area contributed by atoms with E-state index < -0.39 is 0 Å². The lowest BCUT2D eigenvalue weighted by atomic mass is 9.33. The maximum absolute atomic E-state index is 13.2. The summed E-state index contributed by atoms with van der Waals surface area (Å²) in [6.07, 6.45) is 35.6. The second-order valence-electron chi connectivity index (χ2n) is 20.8. The molecule has 288 valence electrons. The van der Waals surface area contributed by atoms with Crippen molar-refractivity contribution >= 4 is 5.97 Å². The van der Waals surface area contributed by atoms with E-state index in [1.807, 2.05) is 5.57 Å². The van der Waals surface area contributed by atoms with Gasteiger partial charge in [-0.3, -0.25) is 4.79 Å². The van der Waals surface area contributed by atoms with Gasteiger partial charge in [0.05, 0.1) is 0 Å². The third-order valence-electron chi connectivity index (χ3n) is 17.6. The van der Waals surface area contributed by atoms with Gasteiger partial charge < -0.3 is 4.74 Å². The van der Waals surface area contributed by atoms with Crippen molar-refractivity contribution in [2.24, 2.45) is 56.7 Å². The Labute approximate surface area is 311 Å². The zero-order valence-electron chi connectivity index (χ0n) is 35.0. The van der Waals surface area contributed by atoms with Crippen molar-refractivity contribution in [2.75, 3.05) is 0 Å². The summed E-state index contributed by atoms with van der Waals surface area (Å²) < 4.78 is 6.43. The van der Waals surface area contributed by atoms with Gasteiger partial charge in [-0.15, -0.1) is 0 Å². The predicted molar refractivity (Wildman–Crippen MR) is 214 cm³/mol. The summed E-state index contributed by atoms with van der Waals surface area (Å²) in [6.45, 7) is 23.1. The Morgan fingerprint density at radius 2 is 1.26 bits per heavy atom. The van der Waals surface area contributed by atoms with Crippen molar-refractivity contribution in [3.05, 3.63) is 11.6 Å². The molecule has 50 heavy (non-hydrogen) atoms. The monoisotopic (exact) mass is 693 g/mol. The minimum Gasteiger partial charge on any atom is -0.462 e. The van der Waals surface area contributed by atoms with Gasteiger partial charge in [-0.2, -0.15) is 0 Å². The third-order valence-corrected chi connectivity index (χ3v) is 17.6. The Balaban J connectivity index is 1.07. The topological polar surface area (TPSA) is 26.3 Å². The number of allylic oxidation sites excluding steroid dienone is 2. The molecule has 0 heterocycles. The first-order chi connectivity index (χ1) is 23.7. The summed E-state index contributed by atoms with van der Waals surface area (Å²) in [5.41, 5.74) is 3.40. The van der Waals surface area contributed by atoms with Crippen LogP contribution < -0.4 is 0 Å². The largest absolute Gasteiger partial charge is 0.462 e. The van der Waals surface area contributed by atoms with E-state index in [1.54, 1.807) is 0 Å². The predicted octanol–water partition coefficient (Wildman–Crippen LogP) is 14.8. The number of hydrogen-bond donors (Lipinski definition) is 0. The summed E-state index contributed by atoms with van der Waals surface area (Å²) in [5, 5.41) is 0. The van der Waals surface area contributed by atoms with Gasteiger partial charge in [-0.25, -0.2) is 0 Å². The van der Waals surface area contributed by atoms with Gasteiger partial charge in [0.15, 0.2) is 0 Å². The molecule has 5 aliphatic rings.